The summed E-state index contributed by atoms with van der Waals surface area (Å²) in [6, 6.07) is 2.43. The highest BCUT2D eigenvalue weighted by Gasteiger charge is 2.40. The number of nitrogens with zero attached hydrogens (tertiary/aromatic N) is 2. The molecule has 0 radical (unpaired) electrons. The topological polar surface area (TPSA) is 108 Å². The van der Waals surface area contributed by atoms with Crippen LogP contribution in [0.2, 0.25) is 0 Å². The van der Waals surface area contributed by atoms with Crippen molar-refractivity contribution in [3.05, 3.63) is 23.3 Å². The summed E-state index contributed by atoms with van der Waals surface area (Å²) in [5.74, 6) is -1.33. The minimum atomic E-state index is -1.14. The van der Waals surface area contributed by atoms with E-state index < -0.39 is 11.6 Å². The Morgan fingerprint density at radius 2 is 2.07 bits per heavy atom. The van der Waals surface area contributed by atoms with Gasteiger partial charge in [-0.15, -0.1) is 0 Å². The second-order valence-electron chi connectivity index (χ2n) is 3.49. The molecule has 4 N–H and O–H groups in total. The Morgan fingerprint density at radius 1 is 1.47 bits per heavy atom. The highest BCUT2D eigenvalue weighted by atomic mass is 16.4. The molecule has 0 saturated carbocycles. The van der Waals surface area contributed by atoms with Crippen molar-refractivity contribution in [2.45, 2.75) is 12.6 Å². The van der Waals surface area contributed by atoms with Gasteiger partial charge in [-0.25, -0.2) is 4.79 Å². The van der Waals surface area contributed by atoms with E-state index in [0.717, 1.165) is 6.07 Å². The van der Waals surface area contributed by atoms with Crippen LogP contribution in [-0.4, -0.2) is 16.2 Å². The molecule has 1 heterocycles. The first kappa shape index (κ1) is 9.45. The summed E-state index contributed by atoms with van der Waals surface area (Å²) < 4.78 is 0. The van der Waals surface area contributed by atoms with E-state index in [9.17, 15) is 9.90 Å². The monoisotopic (exact) mass is 207 g/mol. The highest BCUT2D eigenvalue weighted by Crippen LogP contribution is 2.46. The van der Waals surface area contributed by atoms with Gasteiger partial charge in [0.15, 0.2) is 0 Å². The predicted molar refractivity (Wildman–Crippen MR) is 51.7 cm³/mol. The molecule has 78 valence electrons. The molecule has 1 aliphatic heterocycles. The average molecular weight is 207 g/mol. The van der Waals surface area contributed by atoms with E-state index in [-0.39, 0.29) is 17.0 Å². The van der Waals surface area contributed by atoms with Crippen LogP contribution in [-0.2, 0) is 5.66 Å². The van der Waals surface area contributed by atoms with Crippen molar-refractivity contribution in [1.82, 2.24) is 0 Å². The summed E-state index contributed by atoms with van der Waals surface area (Å²) in [5, 5.41) is 25.8. The van der Waals surface area contributed by atoms with Crippen LogP contribution in [0.3, 0.4) is 0 Å². The average Bonchev–Trinajstić information content (AvgIpc) is 2.82. The molecule has 6 heteroatoms. The van der Waals surface area contributed by atoms with E-state index >= 15 is 0 Å². The number of carboxylic acids is 1. The maximum absolute atomic E-state index is 10.7. The molecule has 0 saturated heterocycles. The number of nitrogens with two attached hydrogens (primary N) is 1. The molecule has 15 heavy (non-hydrogen) atoms. The van der Waals surface area contributed by atoms with Crippen molar-refractivity contribution in [2.24, 2.45) is 10.2 Å². The van der Waals surface area contributed by atoms with Crippen LogP contribution in [0, 0.1) is 0 Å². The van der Waals surface area contributed by atoms with Gasteiger partial charge in [0.05, 0.1) is 11.1 Å². The molecule has 1 aliphatic rings. The van der Waals surface area contributed by atoms with Gasteiger partial charge in [0.1, 0.15) is 5.75 Å². The van der Waals surface area contributed by atoms with Gasteiger partial charge in [0.2, 0.25) is 5.66 Å². The van der Waals surface area contributed by atoms with Crippen LogP contribution in [0.25, 0.3) is 0 Å². The summed E-state index contributed by atoms with van der Waals surface area (Å²) in [7, 11) is 0. The molecule has 6 nitrogen and oxygen atoms in total. The summed E-state index contributed by atoms with van der Waals surface area (Å²) in [5.41, 5.74) is 5.31. The molecule has 0 bridgehead atoms. The third-order valence-electron chi connectivity index (χ3n) is 2.27. The van der Waals surface area contributed by atoms with Crippen molar-refractivity contribution in [2.75, 3.05) is 5.73 Å². The van der Waals surface area contributed by atoms with E-state index in [0.29, 0.717) is 5.56 Å². The van der Waals surface area contributed by atoms with Gasteiger partial charge in [0, 0.05) is 5.69 Å². The molecular weight excluding hydrogens is 198 g/mol. The third-order valence-corrected chi connectivity index (χ3v) is 2.27. The van der Waals surface area contributed by atoms with Crippen molar-refractivity contribution >= 4 is 11.7 Å². The smallest absolute Gasteiger partial charge is 0.335 e. The van der Waals surface area contributed by atoms with E-state index in [4.69, 9.17) is 10.8 Å². The number of anilines is 1. The number of nitrogen functional groups attached to an aromatic ring is 1. The summed E-state index contributed by atoms with van der Waals surface area (Å²) in [4.78, 5) is 10.7. The number of phenolic OH excluding ortho intramolecular Hbond substituents is 1. The molecule has 0 aliphatic carbocycles. The van der Waals surface area contributed by atoms with Crippen LogP contribution >= 0.6 is 0 Å². The zero-order valence-corrected chi connectivity index (χ0v) is 7.93. The Bertz CT molecular complexity index is 452. The van der Waals surface area contributed by atoms with Crippen LogP contribution in [0.1, 0.15) is 22.8 Å². The summed E-state index contributed by atoms with van der Waals surface area (Å²) in [6.07, 6.45) is 0. The minimum absolute atomic E-state index is 0.0574. The zero-order chi connectivity index (χ0) is 11.2. The third kappa shape index (κ3) is 1.39. The Balaban J connectivity index is 2.54. The first-order valence-corrected chi connectivity index (χ1v) is 4.24. The van der Waals surface area contributed by atoms with Gasteiger partial charge in [-0.05, 0) is 19.1 Å². The van der Waals surface area contributed by atoms with Crippen LogP contribution in [0.15, 0.2) is 22.4 Å². The molecule has 0 aromatic heterocycles. The van der Waals surface area contributed by atoms with Gasteiger partial charge >= 0.3 is 5.97 Å². The zero-order valence-electron chi connectivity index (χ0n) is 7.93. The molecule has 1 aromatic rings. The Hall–Kier alpha value is -2.11. The SMILES string of the molecule is CC1(c2c(N)cc(C(=O)O)cc2O)N=N1. The maximum atomic E-state index is 10.7. The van der Waals surface area contributed by atoms with Crippen molar-refractivity contribution < 1.29 is 15.0 Å². The molecule has 2 rings (SSSR count). The fourth-order valence-electron chi connectivity index (χ4n) is 1.46. The van der Waals surface area contributed by atoms with Gasteiger partial charge in [-0.2, -0.15) is 10.2 Å². The van der Waals surface area contributed by atoms with E-state index in [1.165, 1.54) is 6.07 Å². The van der Waals surface area contributed by atoms with Gasteiger partial charge in [0.25, 0.3) is 0 Å². The highest BCUT2D eigenvalue weighted by molar-refractivity contribution is 5.90. The van der Waals surface area contributed by atoms with Crippen LogP contribution in [0.4, 0.5) is 5.69 Å². The lowest BCUT2D eigenvalue weighted by atomic mass is 9.99. The molecule has 0 amide bonds. The molecule has 0 atom stereocenters. The van der Waals surface area contributed by atoms with Crippen molar-refractivity contribution in [1.29, 1.82) is 0 Å². The van der Waals surface area contributed by atoms with Crippen molar-refractivity contribution in [3.8, 4) is 5.75 Å². The van der Waals surface area contributed by atoms with E-state index in [1.54, 1.807) is 6.92 Å². The standard InChI is InChI=1S/C9H9N3O3/c1-9(11-12-9)7-5(10)2-4(8(14)15)3-6(7)13/h2-3,13H,10H2,1H3,(H,14,15). The van der Waals surface area contributed by atoms with E-state index in [1.807, 2.05) is 0 Å². The normalized spacial score (nSPS) is 16.3. The molecule has 0 spiro atoms. The van der Waals surface area contributed by atoms with Crippen LogP contribution < -0.4 is 5.73 Å². The second-order valence-corrected chi connectivity index (χ2v) is 3.49. The fraction of sp³-hybridized carbons (Fsp3) is 0.222. The number of hydrogen-bond donors (Lipinski definition) is 3. The molecule has 1 aromatic carbocycles. The number of carboxylic acid groups (broad SMARTS) is 1. The molecular formula is C9H9N3O3. The number of carbonyl (C=O) groups is 1. The Morgan fingerprint density at radius 3 is 2.47 bits per heavy atom. The van der Waals surface area contributed by atoms with Gasteiger partial charge in [-0.1, -0.05) is 0 Å². The number of hydrogen-bond acceptors (Lipinski definition) is 5. The predicted octanol–water partition coefficient (Wildman–Crippen LogP) is 1.31. The van der Waals surface area contributed by atoms with Crippen LogP contribution in [0.5, 0.6) is 5.75 Å². The number of benzene rings is 1. The second kappa shape index (κ2) is 2.69. The Labute approximate surface area is 85.1 Å². The fourth-order valence-corrected chi connectivity index (χ4v) is 1.46. The first-order chi connectivity index (χ1) is 6.94. The number of aromatic carboxylic acids is 1. The largest absolute Gasteiger partial charge is 0.507 e. The van der Waals surface area contributed by atoms with Crippen molar-refractivity contribution in [3.63, 3.8) is 0 Å². The number of phenols is 1. The number of rotatable bonds is 2. The minimum Gasteiger partial charge on any atom is -0.507 e. The lowest BCUT2D eigenvalue weighted by Gasteiger charge is -2.11. The van der Waals surface area contributed by atoms with E-state index in [2.05, 4.69) is 10.2 Å². The summed E-state index contributed by atoms with van der Waals surface area (Å²) in [6.45, 7) is 1.68. The molecule has 0 fully saturated rings. The maximum Gasteiger partial charge on any atom is 0.335 e. The lowest BCUT2D eigenvalue weighted by Crippen LogP contribution is -2.09. The quantitative estimate of drug-likeness (QED) is 0.635. The first-order valence-electron chi connectivity index (χ1n) is 4.24. The summed E-state index contributed by atoms with van der Waals surface area (Å²) >= 11 is 0. The van der Waals surface area contributed by atoms with Gasteiger partial charge < -0.3 is 15.9 Å². The Kier molecular flexibility index (Phi) is 1.69. The van der Waals surface area contributed by atoms with Gasteiger partial charge in [-0.3, -0.25) is 0 Å². The lowest BCUT2D eigenvalue weighted by molar-refractivity contribution is 0.0696. The number of aromatic hydroxyl groups is 1. The molecule has 0 unspecified atom stereocenters.